The summed E-state index contributed by atoms with van der Waals surface area (Å²) >= 11 is 0. The number of nitrogens with one attached hydrogen (secondary N) is 1. The van der Waals surface area contributed by atoms with Gasteiger partial charge in [-0.05, 0) is 30.9 Å². The van der Waals surface area contributed by atoms with Crippen LogP contribution in [0.5, 0.6) is 0 Å². The summed E-state index contributed by atoms with van der Waals surface area (Å²) in [5, 5.41) is 11.7. The topological polar surface area (TPSA) is 62.2 Å². The summed E-state index contributed by atoms with van der Waals surface area (Å²) in [7, 11) is 0. The smallest absolute Gasteiger partial charge is 0.354 e. The Bertz CT molecular complexity index is 466. The molecule has 0 bridgehead atoms. The highest BCUT2D eigenvalue weighted by molar-refractivity contribution is 5.85. The zero-order valence-electron chi connectivity index (χ0n) is 10.4. The molecule has 1 atom stereocenters. The van der Waals surface area contributed by atoms with Crippen LogP contribution in [0.3, 0.4) is 0 Å². The number of aromatic nitrogens is 1. The molecule has 1 heterocycles. The minimum atomic E-state index is -2.57. The van der Waals surface area contributed by atoms with E-state index in [-0.39, 0.29) is 24.5 Å². The Morgan fingerprint density at radius 2 is 2.32 bits per heavy atom. The van der Waals surface area contributed by atoms with E-state index >= 15 is 0 Å². The number of pyridine rings is 1. The third-order valence-corrected chi connectivity index (χ3v) is 3.28. The molecule has 1 fully saturated rings. The van der Waals surface area contributed by atoms with Crippen LogP contribution in [0, 0.1) is 5.92 Å². The number of anilines is 1. The van der Waals surface area contributed by atoms with Crippen LogP contribution in [0.1, 0.15) is 36.2 Å². The molecule has 4 nitrogen and oxygen atoms in total. The van der Waals surface area contributed by atoms with Gasteiger partial charge in [0.05, 0.1) is 0 Å². The number of nitrogens with zero attached hydrogens (tertiary/aromatic N) is 1. The molecule has 2 N–H and O–H groups in total. The lowest BCUT2D eigenvalue weighted by Gasteiger charge is -2.29. The number of aromatic carboxylic acids is 1. The van der Waals surface area contributed by atoms with Crippen molar-refractivity contribution < 1.29 is 18.7 Å². The Morgan fingerprint density at radius 3 is 3.00 bits per heavy atom. The van der Waals surface area contributed by atoms with Gasteiger partial charge in [-0.3, -0.25) is 0 Å². The maximum atomic E-state index is 13.2. The summed E-state index contributed by atoms with van der Waals surface area (Å²) in [6.07, 6.45) is 1.15. The van der Waals surface area contributed by atoms with E-state index in [4.69, 9.17) is 5.11 Å². The third kappa shape index (κ3) is 3.87. The van der Waals surface area contributed by atoms with Crippen molar-refractivity contribution in [1.29, 1.82) is 0 Å². The van der Waals surface area contributed by atoms with Crippen LogP contribution in [-0.2, 0) is 0 Å². The Hall–Kier alpha value is -1.72. The molecule has 1 aliphatic rings. The molecule has 0 saturated heterocycles. The summed E-state index contributed by atoms with van der Waals surface area (Å²) in [5.41, 5.74) is -0.0565. The van der Waals surface area contributed by atoms with Gasteiger partial charge in [0.2, 0.25) is 5.92 Å². The van der Waals surface area contributed by atoms with Crippen LogP contribution in [0.2, 0.25) is 0 Å². The van der Waals surface area contributed by atoms with Crippen molar-refractivity contribution in [2.75, 3.05) is 11.9 Å². The van der Waals surface area contributed by atoms with Gasteiger partial charge in [0.15, 0.2) is 5.69 Å². The summed E-state index contributed by atoms with van der Waals surface area (Å²) < 4.78 is 26.5. The Kier molecular flexibility index (Phi) is 3.97. The van der Waals surface area contributed by atoms with Crippen LogP contribution in [-0.4, -0.2) is 28.5 Å². The summed E-state index contributed by atoms with van der Waals surface area (Å²) in [6, 6.07) is 4.60. The lowest BCUT2D eigenvalue weighted by Crippen LogP contribution is -2.30. The standard InChI is InChI=1S/C13H16F2N2O2/c14-13(15)6-2-3-9(7-13)8-16-11-5-1-4-10(17-11)12(18)19/h1,4-5,9H,2-3,6-8H2,(H,16,17)(H,18,19). The largest absolute Gasteiger partial charge is 0.477 e. The average Bonchev–Trinajstić information content (AvgIpc) is 2.35. The second-order valence-electron chi connectivity index (χ2n) is 4.91. The molecule has 0 radical (unpaired) electrons. The van der Waals surface area contributed by atoms with Crippen LogP contribution in [0.15, 0.2) is 18.2 Å². The summed E-state index contributed by atoms with van der Waals surface area (Å²) in [4.78, 5) is 14.6. The van der Waals surface area contributed by atoms with Crippen molar-refractivity contribution in [3.05, 3.63) is 23.9 Å². The summed E-state index contributed by atoms with van der Waals surface area (Å²) in [6.45, 7) is 0.395. The summed E-state index contributed by atoms with van der Waals surface area (Å²) in [5.74, 6) is -3.36. The lowest BCUT2D eigenvalue weighted by atomic mass is 9.86. The molecular weight excluding hydrogens is 254 g/mol. The van der Waals surface area contributed by atoms with Gasteiger partial charge in [-0.1, -0.05) is 6.07 Å². The van der Waals surface area contributed by atoms with Crippen molar-refractivity contribution in [3.8, 4) is 0 Å². The van der Waals surface area contributed by atoms with Crippen molar-refractivity contribution in [3.63, 3.8) is 0 Å². The van der Waals surface area contributed by atoms with E-state index < -0.39 is 11.9 Å². The van der Waals surface area contributed by atoms with Gasteiger partial charge in [-0.15, -0.1) is 0 Å². The number of hydrogen-bond donors (Lipinski definition) is 2. The first-order valence-corrected chi connectivity index (χ1v) is 6.28. The molecule has 0 spiro atoms. The van der Waals surface area contributed by atoms with Crippen molar-refractivity contribution in [1.82, 2.24) is 4.98 Å². The van der Waals surface area contributed by atoms with E-state index in [1.165, 1.54) is 6.07 Å². The monoisotopic (exact) mass is 270 g/mol. The molecule has 0 amide bonds. The van der Waals surface area contributed by atoms with E-state index in [9.17, 15) is 13.6 Å². The Labute approximate surface area is 109 Å². The minimum absolute atomic E-state index is 0.0315. The SMILES string of the molecule is O=C(O)c1cccc(NCC2CCCC(F)(F)C2)n1. The normalized spacial score (nSPS) is 21.9. The molecule has 1 aromatic heterocycles. The number of carboxylic acid groups (broad SMARTS) is 1. The molecule has 1 aliphatic carbocycles. The lowest BCUT2D eigenvalue weighted by molar-refractivity contribution is -0.0502. The quantitative estimate of drug-likeness (QED) is 0.882. The number of carboxylic acids is 1. The maximum absolute atomic E-state index is 13.2. The number of rotatable bonds is 4. The van der Waals surface area contributed by atoms with Gasteiger partial charge in [0, 0.05) is 19.4 Å². The fourth-order valence-electron chi connectivity index (χ4n) is 2.35. The van der Waals surface area contributed by atoms with Crippen molar-refractivity contribution >= 4 is 11.8 Å². The molecule has 1 saturated carbocycles. The highest BCUT2D eigenvalue weighted by Gasteiger charge is 2.35. The molecule has 1 aromatic rings. The molecule has 1 unspecified atom stereocenters. The van der Waals surface area contributed by atoms with E-state index in [1.807, 2.05) is 0 Å². The third-order valence-electron chi connectivity index (χ3n) is 3.28. The molecule has 6 heteroatoms. The van der Waals surface area contributed by atoms with Crippen LogP contribution in [0.25, 0.3) is 0 Å². The van der Waals surface area contributed by atoms with Gasteiger partial charge in [0.25, 0.3) is 0 Å². The van der Waals surface area contributed by atoms with Crippen LogP contribution < -0.4 is 5.32 Å². The predicted octanol–water partition coefficient (Wildman–Crippen LogP) is 3.02. The highest BCUT2D eigenvalue weighted by atomic mass is 19.3. The Balaban J connectivity index is 1.91. The highest BCUT2D eigenvalue weighted by Crippen LogP contribution is 2.36. The number of carbonyl (C=O) groups is 1. The molecule has 104 valence electrons. The zero-order chi connectivity index (χ0) is 13.9. The van der Waals surface area contributed by atoms with Gasteiger partial charge >= 0.3 is 5.97 Å². The van der Waals surface area contributed by atoms with Gasteiger partial charge in [-0.2, -0.15) is 0 Å². The molecular formula is C13H16F2N2O2. The van der Waals surface area contributed by atoms with E-state index in [2.05, 4.69) is 10.3 Å². The maximum Gasteiger partial charge on any atom is 0.354 e. The van der Waals surface area contributed by atoms with E-state index in [0.29, 0.717) is 18.8 Å². The minimum Gasteiger partial charge on any atom is -0.477 e. The van der Waals surface area contributed by atoms with Crippen molar-refractivity contribution in [2.45, 2.75) is 31.6 Å². The van der Waals surface area contributed by atoms with E-state index in [0.717, 1.165) is 6.42 Å². The molecule has 0 aromatic carbocycles. The molecule has 19 heavy (non-hydrogen) atoms. The second-order valence-corrected chi connectivity index (χ2v) is 4.91. The number of alkyl halides is 2. The Morgan fingerprint density at radius 1 is 1.53 bits per heavy atom. The first-order valence-electron chi connectivity index (χ1n) is 6.28. The van der Waals surface area contributed by atoms with Gasteiger partial charge in [-0.25, -0.2) is 18.6 Å². The predicted molar refractivity (Wildman–Crippen MR) is 66.6 cm³/mol. The molecule has 2 rings (SSSR count). The first-order chi connectivity index (χ1) is 8.96. The second kappa shape index (κ2) is 5.50. The van der Waals surface area contributed by atoms with Gasteiger partial charge in [0.1, 0.15) is 5.82 Å². The fourth-order valence-corrected chi connectivity index (χ4v) is 2.35. The number of halogens is 2. The van der Waals surface area contributed by atoms with E-state index in [1.54, 1.807) is 12.1 Å². The fraction of sp³-hybridized carbons (Fsp3) is 0.538. The average molecular weight is 270 g/mol. The van der Waals surface area contributed by atoms with Gasteiger partial charge < -0.3 is 10.4 Å². The van der Waals surface area contributed by atoms with Crippen LogP contribution in [0.4, 0.5) is 14.6 Å². The molecule has 0 aliphatic heterocycles. The first kappa shape index (κ1) is 13.7. The zero-order valence-corrected chi connectivity index (χ0v) is 10.4. The van der Waals surface area contributed by atoms with Crippen molar-refractivity contribution in [2.24, 2.45) is 5.92 Å². The number of hydrogen-bond acceptors (Lipinski definition) is 3. The van der Waals surface area contributed by atoms with Crippen LogP contribution >= 0.6 is 0 Å².